The first kappa shape index (κ1) is 13.4. The molecule has 1 aromatic rings. The second kappa shape index (κ2) is 6.24. The Morgan fingerprint density at radius 2 is 2.10 bits per heavy atom. The molecule has 0 saturated carbocycles. The van der Waals surface area contributed by atoms with Crippen molar-refractivity contribution in [2.75, 3.05) is 26.3 Å². The van der Waals surface area contributed by atoms with Gasteiger partial charge in [0.25, 0.3) is 0 Å². The molecule has 2 fully saturated rings. The van der Waals surface area contributed by atoms with Crippen LogP contribution in [0.5, 0.6) is 0 Å². The monoisotopic (exact) mass is 276 g/mol. The molecule has 2 heterocycles. The number of hydrogen-bond acceptors (Lipinski definition) is 4. The van der Waals surface area contributed by atoms with Gasteiger partial charge in [-0.2, -0.15) is 0 Å². The van der Waals surface area contributed by atoms with Gasteiger partial charge in [-0.15, -0.1) is 0 Å². The molecule has 1 aromatic carbocycles. The van der Waals surface area contributed by atoms with Crippen LogP contribution in [0, 0.1) is 0 Å². The minimum atomic E-state index is -0.219. The number of nitrogens with zero attached hydrogens (tertiary/aromatic N) is 1. The fourth-order valence-corrected chi connectivity index (χ4v) is 2.54. The van der Waals surface area contributed by atoms with E-state index in [1.165, 1.54) is 0 Å². The molecule has 2 aliphatic heterocycles. The maximum atomic E-state index is 12.0. The number of carbonyl (C=O) groups excluding carboxylic acids is 1. The highest BCUT2D eigenvalue weighted by molar-refractivity contribution is 5.68. The summed E-state index contributed by atoms with van der Waals surface area (Å²) in [6.45, 7) is 3.40. The van der Waals surface area contributed by atoms with Gasteiger partial charge in [0.15, 0.2) is 0 Å². The van der Waals surface area contributed by atoms with E-state index in [0.717, 1.165) is 38.3 Å². The molecule has 5 nitrogen and oxygen atoms in total. The molecule has 0 radical (unpaired) electrons. The average Bonchev–Trinajstić information content (AvgIpc) is 2.90. The molecule has 2 saturated heterocycles. The van der Waals surface area contributed by atoms with Gasteiger partial charge in [-0.25, -0.2) is 4.79 Å². The molecule has 0 aromatic heterocycles. The Morgan fingerprint density at radius 1 is 1.30 bits per heavy atom. The van der Waals surface area contributed by atoms with Crippen LogP contribution in [0.4, 0.5) is 4.79 Å². The third kappa shape index (κ3) is 3.29. The lowest BCUT2D eigenvalue weighted by Crippen LogP contribution is -2.51. The lowest BCUT2D eigenvalue weighted by molar-refractivity contribution is -0.00949. The van der Waals surface area contributed by atoms with Gasteiger partial charge < -0.3 is 19.7 Å². The van der Waals surface area contributed by atoms with Crippen molar-refractivity contribution < 1.29 is 14.3 Å². The molecule has 0 aliphatic carbocycles. The highest BCUT2D eigenvalue weighted by atomic mass is 16.6. The second-order valence-electron chi connectivity index (χ2n) is 5.37. The van der Waals surface area contributed by atoms with Gasteiger partial charge >= 0.3 is 6.09 Å². The van der Waals surface area contributed by atoms with E-state index >= 15 is 0 Å². The van der Waals surface area contributed by atoms with Crippen LogP contribution in [-0.2, 0) is 16.1 Å². The Bertz CT molecular complexity index is 448. The first-order valence-electron chi connectivity index (χ1n) is 7.10. The van der Waals surface area contributed by atoms with Crippen molar-refractivity contribution in [2.45, 2.75) is 25.1 Å². The average molecular weight is 276 g/mol. The molecular weight excluding hydrogens is 256 g/mol. The fraction of sp³-hybridized carbons (Fsp3) is 0.533. The zero-order valence-electron chi connectivity index (χ0n) is 11.5. The van der Waals surface area contributed by atoms with Gasteiger partial charge in [0.1, 0.15) is 6.61 Å². The normalized spacial score (nSPS) is 22.6. The predicted octanol–water partition coefficient (Wildman–Crippen LogP) is 1.39. The molecule has 3 rings (SSSR count). The molecule has 0 bridgehead atoms. The van der Waals surface area contributed by atoms with Gasteiger partial charge in [-0.1, -0.05) is 30.3 Å². The zero-order valence-corrected chi connectivity index (χ0v) is 11.5. The molecule has 1 unspecified atom stereocenters. The van der Waals surface area contributed by atoms with E-state index < -0.39 is 0 Å². The van der Waals surface area contributed by atoms with Crippen LogP contribution in [0.3, 0.4) is 0 Å². The van der Waals surface area contributed by atoms with Gasteiger partial charge in [0.2, 0.25) is 0 Å². The van der Waals surface area contributed by atoms with E-state index in [4.69, 9.17) is 9.47 Å². The Labute approximate surface area is 118 Å². The third-order valence-corrected chi connectivity index (χ3v) is 3.76. The fourth-order valence-electron chi connectivity index (χ4n) is 2.54. The predicted molar refractivity (Wildman–Crippen MR) is 74.3 cm³/mol. The number of amides is 1. The second-order valence-corrected chi connectivity index (χ2v) is 5.37. The third-order valence-electron chi connectivity index (χ3n) is 3.76. The molecule has 2 aliphatic rings. The highest BCUT2D eigenvalue weighted by Gasteiger charge is 2.30. The summed E-state index contributed by atoms with van der Waals surface area (Å²) in [4.78, 5) is 13.8. The Kier molecular flexibility index (Phi) is 4.18. The Balaban J connectivity index is 1.41. The van der Waals surface area contributed by atoms with E-state index in [0.29, 0.717) is 18.7 Å². The van der Waals surface area contributed by atoms with E-state index in [2.05, 4.69) is 5.32 Å². The van der Waals surface area contributed by atoms with Gasteiger partial charge in [0, 0.05) is 19.1 Å². The smallest absolute Gasteiger partial charge is 0.410 e. The van der Waals surface area contributed by atoms with Crippen LogP contribution in [0.15, 0.2) is 30.3 Å². The number of likely N-dealkylation sites (tertiary alicyclic amines) is 1. The lowest BCUT2D eigenvalue weighted by Gasteiger charge is -2.29. The summed E-state index contributed by atoms with van der Waals surface area (Å²) in [5.74, 6) is 0. The SMILES string of the molecule is O=C(OCc1ccccc1)N1CCC(NC2COC2)C1. The van der Waals surface area contributed by atoms with Crippen LogP contribution < -0.4 is 5.32 Å². The van der Waals surface area contributed by atoms with Crippen molar-refractivity contribution in [1.82, 2.24) is 10.2 Å². The number of carbonyl (C=O) groups is 1. The summed E-state index contributed by atoms with van der Waals surface area (Å²) in [5.41, 5.74) is 1.02. The summed E-state index contributed by atoms with van der Waals surface area (Å²) >= 11 is 0. The maximum Gasteiger partial charge on any atom is 0.410 e. The summed E-state index contributed by atoms with van der Waals surface area (Å²) in [5, 5.41) is 3.50. The Hall–Kier alpha value is -1.59. The topological polar surface area (TPSA) is 50.8 Å². The molecule has 20 heavy (non-hydrogen) atoms. The standard InChI is InChI=1S/C15H20N2O3/c18-15(20-9-12-4-2-1-3-5-12)17-7-6-13(8-17)16-14-10-19-11-14/h1-5,13-14,16H,6-11H2. The van der Waals surface area contributed by atoms with E-state index in [9.17, 15) is 4.79 Å². The Morgan fingerprint density at radius 3 is 2.80 bits per heavy atom. The molecule has 1 N–H and O–H groups in total. The number of rotatable bonds is 4. The van der Waals surface area contributed by atoms with E-state index in [1.54, 1.807) is 4.90 Å². The molecule has 1 atom stereocenters. The first-order chi connectivity index (χ1) is 9.81. The molecule has 108 valence electrons. The van der Waals surface area contributed by atoms with Crippen molar-refractivity contribution in [1.29, 1.82) is 0 Å². The first-order valence-corrected chi connectivity index (χ1v) is 7.10. The molecule has 1 amide bonds. The van der Waals surface area contributed by atoms with Crippen LogP contribution in [0.1, 0.15) is 12.0 Å². The number of hydrogen-bond donors (Lipinski definition) is 1. The summed E-state index contributed by atoms with van der Waals surface area (Å²) < 4.78 is 10.5. The number of benzene rings is 1. The minimum absolute atomic E-state index is 0.219. The van der Waals surface area contributed by atoms with Gasteiger partial charge in [-0.05, 0) is 12.0 Å². The van der Waals surface area contributed by atoms with Crippen LogP contribution in [0.2, 0.25) is 0 Å². The van der Waals surface area contributed by atoms with Crippen molar-refractivity contribution in [2.24, 2.45) is 0 Å². The largest absolute Gasteiger partial charge is 0.445 e. The number of ether oxygens (including phenoxy) is 2. The highest BCUT2D eigenvalue weighted by Crippen LogP contribution is 2.14. The van der Waals surface area contributed by atoms with Crippen molar-refractivity contribution in [3.63, 3.8) is 0 Å². The number of nitrogens with one attached hydrogen (secondary N) is 1. The molecule has 5 heteroatoms. The quantitative estimate of drug-likeness (QED) is 0.903. The van der Waals surface area contributed by atoms with Gasteiger partial charge in [0.05, 0.1) is 19.3 Å². The zero-order chi connectivity index (χ0) is 13.8. The van der Waals surface area contributed by atoms with Crippen LogP contribution in [-0.4, -0.2) is 49.4 Å². The van der Waals surface area contributed by atoms with Crippen molar-refractivity contribution in [3.8, 4) is 0 Å². The maximum absolute atomic E-state index is 12.0. The molecular formula is C15H20N2O3. The summed E-state index contributed by atoms with van der Waals surface area (Å²) in [6.07, 6.45) is 0.764. The van der Waals surface area contributed by atoms with E-state index in [1.807, 2.05) is 30.3 Å². The van der Waals surface area contributed by atoms with Crippen LogP contribution >= 0.6 is 0 Å². The van der Waals surface area contributed by atoms with E-state index in [-0.39, 0.29) is 6.09 Å². The van der Waals surface area contributed by atoms with Crippen molar-refractivity contribution >= 4 is 6.09 Å². The lowest BCUT2D eigenvalue weighted by atomic mass is 10.2. The summed E-state index contributed by atoms with van der Waals surface area (Å²) in [6, 6.07) is 10.6. The molecule has 0 spiro atoms. The van der Waals surface area contributed by atoms with Crippen molar-refractivity contribution in [3.05, 3.63) is 35.9 Å². The van der Waals surface area contributed by atoms with Crippen LogP contribution in [0.25, 0.3) is 0 Å². The summed E-state index contributed by atoms with van der Waals surface area (Å²) in [7, 11) is 0. The minimum Gasteiger partial charge on any atom is -0.445 e. The van der Waals surface area contributed by atoms with Gasteiger partial charge in [-0.3, -0.25) is 0 Å².